The summed E-state index contributed by atoms with van der Waals surface area (Å²) in [6.07, 6.45) is 8.80. The zero-order chi connectivity index (χ0) is 22.7. The lowest BCUT2D eigenvalue weighted by Crippen LogP contribution is -2.20. The maximum atomic E-state index is 12.5. The molecule has 0 radical (unpaired) electrons. The van der Waals surface area contributed by atoms with Crippen LogP contribution in [0.1, 0.15) is 45.6 Å². The first-order valence-electron chi connectivity index (χ1n) is 10.2. The standard InChI is InChI=1S/C22H22Cl2N4O2S2/c1-30-21(29)19-15-5-3-2-4-6-18(15)32-20(19)27-22(31)26-14-10-25-28(12-14)11-13-7-8-16(23)17(24)9-13/h7-10,12H,2-6,11H2,1H3,(H2,26,27,31). The Hall–Kier alpha value is -2.13. The molecule has 0 unspecified atom stereocenters. The van der Waals surface area contributed by atoms with Crippen LogP contribution in [-0.4, -0.2) is 28.0 Å². The largest absolute Gasteiger partial charge is 0.465 e. The number of thiophene rings is 1. The molecule has 10 heteroatoms. The van der Waals surface area contributed by atoms with Gasteiger partial charge in [0.1, 0.15) is 5.00 Å². The molecule has 0 bridgehead atoms. The van der Waals surface area contributed by atoms with Gasteiger partial charge < -0.3 is 15.4 Å². The van der Waals surface area contributed by atoms with Crippen molar-refractivity contribution in [3.8, 4) is 0 Å². The molecule has 0 spiro atoms. The van der Waals surface area contributed by atoms with Crippen LogP contribution in [0.3, 0.4) is 0 Å². The molecule has 1 aliphatic rings. The molecule has 0 aliphatic heterocycles. The number of thiocarbonyl (C=S) groups is 1. The summed E-state index contributed by atoms with van der Waals surface area (Å²) in [7, 11) is 1.41. The number of hydrogen-bond donors (Lipinski definition) is 2. The van der Waals surface area contributed by atoms with Crippen LogP contribution in [0.2, 0.25) is 10.0 Å². The molecule has 0 saturated carbocycles. The van der Waals surface area contributed by atoms with Crippen LogP contribution in [0.4, 0.5) is 10.7 Å². The van der Waals surface area contributed by atoms with Crippen LogP contribution >= 0.6 is 46.8 Å². The summed E-state index contributed by atoms with van der Waals surface area (Å²) in [4.78, 5) is 13.7. The SMILES string of the molecule is COC(=O)c1c(NC(=S)Nc2cnn(Cc3ccc(Cl)c(Cl)c3)c2)sc2c1CCCCC2. The molecule has 0 saturated heterocycles. The number of halogens is 2. The van der Waals surface area contributed by atoms with Crippen LogP contribution in [0.25, 0.3) is 0 Å². The van der Waals surface area contributed by atoms with Crippen LogP contribution < -0.4 is 10.6 Å². The molecule has 0 amide bonds. The van der Waals surface area contributed by atoms with Gasteiger partial charge in [0.05, 0.1) is 41.1 Å². The van der Waals surface area contributed by atoms with E-state index in [2.05, 4.69) is 15.7 Å². The minimum absolute atomic E-state index is 0.329. The van der Waals surface area contributed by atoms with E-state index in [9.17, 15) is 4.79 Å². The average Bonchev–Trinajstić information content (AvgIpc) is 3.26. The topological polar surface area (TPSA) is 68.2 Å². The molecule has 0 atom stereocenters. The number of esters is 1. The fraction of sp³-hybridized carbons (Fsp3) is 0.318. The lowest BCUT2D eigenvalue weighted by atomic mass is 10.1. The average molecular weight is 509 g/mol. The zero-order valence-corrected chi connectivity index (χ0v) is 20.6. The summed E-state index contributed by atoms with van der Waals surface area (Å²) in [5, 5.41) is 12.8. The van der Waals surface area contributed by atoms with Crippen LogP contribution in [0, 0.1) is 0 Å². The first kappa shape index (κ1) is 23.0. The van der Waals surface area contributed by atoms with E-state index in [0.29, 0.717) is 27.3 Å². The molecule has 3 aromatic rings. The molecular formula is C22H22Cl2N4O2S2. The number of aromatic nitrogens is 2. The number of carbonyl (C=O) groups is 1. The van der Waals surface area contributed by atoms with E-state index < -0.39 is 0 Å². The summed E-state index contributed by atoms with van der Waals surface area (Å²) in [5.41, 5.74) is 3.42. The third kappa shape index (κ3) is 5.26. The molecule has 168 valence electrons. The number of fused-ring (bicyclic) bond motifs is 1. The molecule has 2 heterocycles. The second-order valence-electron chi connectivity index (χ2n) is 7.51. The Kier molecular flexibility index (Phi) is 7.35. The lowest BCUT2D eigenvalue weighted by Gasteiger charge is -2.10. The predicted octanol–water partition coefficient (Wildman–Crippen LogP) is 6.16. The van der Waals surface area contributed by atoms with Gasteiger partial charge in [-0.05, 0) is 61.2 Å². The molecule has 4 rings (SSSR count). The van der Waals surface area contributed by atoms with Crippen LogP contribution in [0.5, 0.6) is 0 Å². The Morgan fingerprint density at radius 2 is 2.03 bits per heavy atom. The number of nitrogens with one attached hydrogen (secondary N) is 2. The molecule has 1 aliphatic carbocycles. The summed E-state index contributed by atoms with van der Waals surface area (Å²) in [6, 6.07) is 5.49. The summed E-state index contributed by atoms with van der Waals surface area (Å²) in [5.74, 6) is -0.329. The van der Waals surface area contributed by atoms with Crippen molar-refractivity contribution in [3.63, 3.8) is 0 Å². The van der Waals surface area contributed by atoms with E-state index in [-0.39, 0.29) is 5.97 Å². The third-order valence-corrected chi connectivity index (χ3v) is 7.41. The third-order valence-electron chi connectivity index (χ3n) is 5.26. The van der Waals surface area contributed by atoms with Crippen molar-refractivity contribution >= 4 is 68.5 Å². The van der Waals surface area contributed by atoms with E-state index in [4.69, 9.17) is 40.2 Å². The number of methoxy groups -OCH3 is 1. The predicted molar refractivity (Wildman–Crippen MR) is 135 cm³/mol. The summed E-state index contributed by atoms with van der Waals surface area (Å²) < 4.78 is 6.83. The van der Waals surface area contributed by atoms with E-state index in [0.717, 1.165) is 47.5 Å². The Morgan fingerprint density at radius 1 is 1.22 bits per heavy atom. The monoisotopic (exact) mass is 508 g/mol. The Balaban J connectivity index is 1.45. The number of hydrogen-bond acceptors (Lipinski definition) is 5. The molecular weight excluding hydrogens is 487 g/mol. The quantitative estimate of drug-likeness (QED) is 0.244. The Bertz CT molecular complexity index is 1160. The molecule has 1 aromatic carbocycles. The van der Waals surface area contributed by atoms with E-state index in [1.165, 1.54) is 18.4 Å². The summed E-state index contributed by atoms with van der Waals surface area (Å²) in [6.45, 7) is 0.545. The van der Waals surface area contributed by atoms with Crippen molar-refractivity contribution in [1.29, 1.82) is 0 Å². The van der Waals surface area contributed by atoms with Crippen molar-refractivity contribution in [2.75, 3.05) is 17.7 Å². The Labute approximate surface area is 205 Å². The second-order valence-corrected chi connectivity index (χ2v) is 9.84. The molecule has 0 fully saturated rings. The number of carbonyl (C=O) groups excluding carboxylic acids is 1. The van der Waals surface area contributed by atoms with Gasteiger partial charge in [0, 0.05) is 11.1 Å². The minimum Gasteiger partial charge on any atom is -0.465 e. The van der Waals surface area contributed by atoms with Gasteiger partial charge in [-0.2, -0.15) is 5.10 Å². The minimum atomic E-state index is -0.329. The van der Waals surface area contributed by atoms with Gasteiger partial charge in [-0.3, -0.25) is 4.68 Å². The second kappa shape index (κ2) is 10.2. The van der Waals surface area contributed by atoms with Crippen LogP contribution in [0.15, 0.2) is 30.6 Å². The van der Waals surface area contributed by atoms with Crippen molar-refractivity contribution < 1.29 is 9.53 Å². The van der Waals surface area contributed by atoms with Gasteiger partial charge >= 0.3 is 5.97 Å². The highest BCUT2D eigenvalue weighted by Gasteiger charge is 2.25. The van der Waals surface area contributed by atoms with Gasteiger partial charge in [-0.25, -0.2) is 4.79 Å². The maximum Gasteiger partial charge on any atom is 0.341 e. The van der Waals surface area contributed by atoms with Gasteiger partial charge in [-0.1, -0.05) is 35.7 Å². The number of rotatable bonds is 5. The zero-order valence-electron chi connectivity index (χ0n) is 17.4. The van der Waals surface area contributed by atoms with Gasteiger partial charge in [0.2, 0.25) is 0 Å². The highest BCUT2D eigenvalue weighted by atomic mass is 35.5. The van der Waals surface area contributed by atoms with Crippen molar-refractivity contribution in [3.05, 3.63) is 62.2 Å². The number of aryl methyl sites for hydroxylation is 1. The number of anilines is 2. The van der Waals surface area contributed by atoms with Crippen molar-refractivity contribution in [2.45, 2.75) is 38.6 Å². The number of nitrogens with zero attached hydrogens (tertiary/aromatic N) is 2. The normalized spacial score (nSPS) is 13.2. The van der Waals surface area contributed by atoms with Crippen molar-refractivity contribution in [1.82, 2.24) is 9.78 Å². The first-order chi connectivity index (χ1) is 15.4. The van der Waals surface area contributed by atoms with E-state index in [1.807, 2.05) is 18.3 Å². The lowest BCUT2D eigenvalue weighted by molar-refractivity contribution is 0.0601. The molecule has 2 aromatic heterocycles. The number of benzene rings is 1. The number of ether oxygens (including phenoxy) is 1. The van der Waals surface area contributed by atoms with Crippen molar-refractivity contribution in [2.24, 2.45) is 0 Å². The van der Waals surface area contributed by atoms with Crippen LogP contribution in [-0.2, 0) is 24.1 Å². The summed E-state index contributed by atoms with van der Waals surface area (Å²) >= 11 is 19.2. The first-order valence-corrected chi connectivity index (χ1v) is 12.2. The molecule has 32 heavy (non-hydrogen) atoms. The highest BCUT2D eigenvalue weighted by Crippen LogP contribution is 2.38. The fourth-order valence-corrected chi connectivity index (χ4v) is 5.64. The highest BCUT2D eigenvalue weighted by molar-refractivity contribution is 7.80. The molecule has 6 nitrogen and oxygen atoms in total. The van der Waals surface area contributed by atoms with Gasteiger partial charge in [0.15, 0.2) is 5.11 Å². The van der Waals surface area contributed by atoms with Gasteiger partial charge in [0.25, 0.3) is 0 Å². The maximum absolute atomic E-state index is 12.5. The van der Waals surface area contributed by atoms with E-state index >= 15 is 0 Å². The fourth-order valence-electron chi connectivity index (χ4n) is 3.75. The van der Waals surface area contributed by atoms with Gasteiger partial charge in [-0.15, -0.1) is 11.3 Å². The smallest absolute Gasteiger partial charge is 0.341 e. The molecule has 2 N–H and O–H groups in total. The Morgan fingerprint density at radius 3 is 2.81 bits per heavy atom. The van der Waals surface area contributed by atoms with E-state index in [1.54, 1.807) is 28.3 Å².